The van der Waals surface area contributed by atoms with E-state index in [9.17, 15) is 0 Å². The van der Waals surface area contributed by atoms with E-state index in [0.717, 1.165) is 55.2 Å². The predicted molar refractivity (Wildman–Crippen MR) is 89.1 cm³/mol. The summed E-state index contributed by atoms with van der Waals surface area (Å²) in [6, 6.07) is 2.10. The molecule has 0 aliphatic heterocycles. The number of pyridine rings is 1. The van der Waals surface area contributed by atoms with Crippen molar-refractivity contribution in [1.82, 2.24) is 19.4 Å². The Hall–Kier alpha value is -1.13. The first kappa shape index (κ1) is 16.2. The van der Waals surface area contributed by atoms with Gasteiger partial charge in [-0.1, -0.05) is 13.8 Å². The van der Waals surface area contributed by atoms with Crippen LogP contribution in [0.4, 0.5) is 0 Å². The molecule has 0 atom stereocenters. The molecule has 0 aromatic carbocycles. The zero-order chi connectivity index (χ0) is 15.2. The van der Waals surface area contributed by atoms with Gasteiger partial charge < -0.3 is 9.47 Å². The van der Waals surface area contributed by atoms with Crippen molar-refractivity contribution in [2.75, 3.05) is 25.5 Å². The molecule has 2 aromatic rings. The number of aryl methyl sites for hydroxylation is 2. The normalized spacial score (nSPS) is 11.7. The van der Waals surface area contributed by atoms with E-state index in [1.807, 2.05) is 13.1 Å². The zero-order valence-electron chi connectivity index (χ0n) is 13.3. The summed E-state index contributed by atoms with van der Waals surface area (Å²) in [6.07, 6.45) is 3.88. The van der Waals surface area contributed by atoms with Crippen molar-refractivity contribution >= 4 is 22.8 Å². The van der Waals surface area contributed by atoms with E-state index >= 15 is 0 Å². The Labute approximate surface area is 132 Å². The van der Waals surface area contributed by atoms with Crippen LogP contribution in [0.15, 0.2) is 12.3 Å². The summed E-state index contributed by atoms with van der Waals surface area (Å²) in [4.78, 5) is 11.7. The molecule has 2 rings (SSSR count). The van der Waals surface area contributed by atoms with Gasteiger partial charge in [-0.25, -0.2) is 9.97 Å². The molecule has 5 heteroatoms. The van der Waals surface area contributed by atoms with Crippen molar-refractivity contribution in [3.05, 3.63) is 23.7 Å². The molecular weight excluding hydrogens is 284 g/mol. The molecule has 0 saturated carbocycles. The molecule has 0 saturated heterocycles. The monoisotopic (exact) mass is 308 g/mol. The number of hydrogen-bond acceptors (Lipinski definition) is 3. The van der Waals surface area contributed by atoms with Gasteiger partial charge in [0.05, 0.1) is 0 Å². The van der Waals surface area contributed by atoms with Gasteiger partial charge in [0.25, 0.3) is 0 Å². The van der Waals surface area contributed by atoms with Crippen LogP contribution in [0.2, 0.25) is 0 Å². The maximum Gasteiger partial charge on any atom is 0.160 e. The predicted octanol–water partition coefficient (Wildman–Crippen LogP) is 3.25. The largest absolute Gasteiger partial charge is 0.311 e. The summed E-state index contributed by atoms with van der Waals surface area (Å²) in [6.45, 7) is 10.7. The molecule has 4 nitrogen and oxygen atoms in total. The highest BCUT2D eigenvalue weighted by Gasteiger charge is 2.12. The molecule has 0 unspecified atom stereocenters. The van der Waals surface area contributed by atoms with E-state index in [0.29, 0.717) is 5.88 Å². The maximum absolute atomic E-state index is 5.92. The number of likely N-dealkylation sites (N-methyl/N-ethyl adjacent to an activating group) is 1. The SMILES string of the molecule is CCCN(CC)CCn1c(CCCl)nc2cc(C)cnc21. The van der Waals surface area contributed by atoms with Gasteiger partial charge in [0.15, 0.2) is 5.65 Å². The second-order valence-corrected chi connectivity index (χ2v) is 5.79. The number of alkyl halides is 1. The highest BCUT2D eigenvalue weighted by molar-refractivity contribution is 6.17. The average molecular weight is 309 g/mol. The van der Waals surface area contributed by atoms with Gasteiger partial charge in [0, 0.05) is 31.6 Å². The summed E-state index contributed by atoms with van der Waals surface area (Å²) in [5.41, 5.74) is 3.10. The van der Waals surface area contributed by atoms with Crippen LogP contribution in [0.25, 0.3) is 11.2 Å². The van der Waals surface area contributed by atoms with Crippen LogP contribution in [0, 0.1) is 6.92 Å². The number of fused-ring (bicyclic) bond motifs is 1. The van der Waals surface area contributed by atoms with Crippen LogP contribution in [-0.2, 0) is 13.0 Å². The Bertz CT molecular complexity index is 579. The van der Waals surface area contributed by atoms with Gasteiger partial charge in [-0.15, -0.1) is 11.6 Å². The van der Waals surface area contributed by atoms with Crippen molar-refractivity contribution in [2.24, 2.45) is 0 Å². The topological polar surface area (TPSA) is 34.0 Å². The molecule has 116 valence electrons. The zero-order valence-corrected chi connectivity index (χ0v) is 14.0. The molecular formula is C16H25ClN4. The second kappa shape index (κ2) is 7.76. The fourth-order valence-corrected chi connectivity index (χ4v) is 2.82. The first-order chi connectivity index (χ1) is 10.2. The van der Waals surface area contributed by atoms with E-state index in [-0.39, 0.29) is 0 Å². The molecule has 2 aromatic heterocycles. The molecule has 0 aliphatic carbocycles. The van der Waals surface area contributed by atoms with Gasteiger partial charge in [0.2, 0.25) is 0 Å². The molecule has 0 fully saturated rings. The minimum absolute atomic E-state index is 0.592. The number of halogens is 1. The molecule has 0 bridgehead atoms. The molecule has 0 N–H and O–H groups in total. The average Bonchev–Trinajstić information content (AvgIpc) is 2.80. The van der Waals surface area contributed by atoms with Crippen LogP contribution < -0.4 is 0 Å². The van der Waals surface area contributed by atoms with E-state index < -0.39 is 0 Å². The first-order valence-corrected chi connectivity index (χ1v) is 8.33. The Morgan fingerprint density at radius 3 is 2.76 bits per heavy atom. The van der Waals surface area contributed by atoms with Gasteiger partial charge in [-0.05, 0) is 38.1 Å². The molecule has 2 heterocycles. The van der Waals surface area contributed by atoms with Crippen molar-refractivity contribution in [3.63, 3.8) is 0 Å². The van der Waals surface area contributed by atoms with E-state index in [1.165, 1.54) is 6.42 Å². The second-order valence-electron chi connectivity index (χ2n) is 5.41. The lowest BCUT2D eigenvalue weighted by Crippen LogP contribution is -2.28. The Kier molecular flexibility index (Phi) is 6.00. The highest BCUT2D eigenvalue weighted by atomic mass is 35.5. The standard InChI is InChI=1S/C16H25ClN4/c1-4-8-20(5-2)9-10-21-15(6-7-17)19-14-11-13(3)12-18-16(14)21/h11-12H,4-10H2,1-3H3. The lowest BCUT2D eigenvalue weighted by Gasteiger charge is -2.20. The Balaban J connectivity index is 2.25. The van der Waals surface area contributed by atoms with Crippen LogP contribution in [0.3, 0.4) is 0 Å². The van der Waals surface area contributed by atoms with Crippen LogP contribution >= 0.6 is 11.6 Å². The van der Waals surface area contributed by atoms with Crippen molar-refractivity contribution in [1.29, 1.82) is 0 Å². The van der Waals surface area contributed by atoms with Gasteiger partial charge in [-0.2, -0.15) is 0 Å². The van der Waals surface area contributed by atoms with E-state index in [2.05, 4.69) is 34.4 Å². The van der Waals surface area contributed by atoms with E-state index in [4.69, 9.17) is 16.6 Å². The minimum atomic E-state index is 0.592. The number of hydrogen-bond donors (Lipinski definition) is 0. The smallest absolute Gasteiger partial charge is 0.160 e. The lowest BCUT2D eigenvalue weighted by atomic mass is 10.3. The molecule has 0 aliphatic rings. The fourth-order valence-electron chi connectivity index (χ4n) is 2.65. The molecule has 0 radical (unpaired) electrons. The van der Waals surface area contributed by atoms with Gasteiger partial charge >= 0.3 is 0 Å². The summed E-state index contributed by atoms with van der Waals surface area (Å²) < 4.78 is 2.23. The fraction of sp³-hybridized carbons (Fsp3) is 0.625. The van der Waals surface area contributed by atoms with Gasteiger partial charge in [-0.3, -0.25) is 0 Å². The minimum Gasteiger partial charge on any atom is -0.311 e. The van der Waals surface area contributed by atoms with Crippen LogP contribution in [-0.4, -0.2) is 44.9 Å². The van der Waals surface area contributed by atoms with Crippen molar-refractivity contribution in [2.45, 2.75) is 40.2 Å². The Morgan fingerprint density at radius 2 is 2.10 bits per heavy atom. The first-order valence-electron chi connectivity index (χ1n) is 7.79. The third-order valence-corrected chi connectivity index (χ3v) is 3.93. The van der Waals surface area contributed by atoms with E-state index in [1.54, 1.807) is 0 Å². The van der Waals surface area contributed by atoms with Crippen molar-refractivity contribution in [3.8, 4) is 0 Å². The van der Waals surface area contributed by atoms with Crippen LogP contribution in [0.1, 0.15) is 31.7 Å². The molecule has 21 heavy (non-hydrogen) atoms. The number of rotatable bonds is 8. The summed E-state index contributed by atoms with van der Waals surface area (Å²) in [5, 5.41) is 0. The summed E-state index contributed by atoms with van der Waals surface area (Å²) in [7, 11) is 0. The van der Waals surface area contributed by atoms with Crippen LogP contribution in [0.5, 0.6) is 0 Å². The van der Waals surface area contributed by atoms with Crippen molar-refractivity contribution < 1.29 is 0 Å². The highest BCUT2D eigenvalue weighted by Crippen LogP contribution is 2.16. The third kappa shape index (κ3) is 3.95. The summed E-state index contributed by atoms with van der Waals surface area (Å²) >= 11 is 5.92. The number of imidazole rings is 1. The van der Waals surface area contributed by atoms with Gasteiger partial charge in [0.1, 0.15) is 11.3 Å². The maximum atomic E-state index is 5.92. The number of nitrogens with zero attached hydrogens (tertiary/aromatic N) is 4. The molecule has 0 spiro atoms. The number of aromatic nitrogens is 3. The Morgan fingerprint density at radius 1 is 1.29 bits per heavy atom. The lowest BCUT2D eigenvalue weighted by molar-refractivity contribution is 0.276. The summed E-state index contributed by atoms with van der Waals surface area (Å²) in [5.74, 6) is 1.64. The molecule has 0 amide bonds. The quantitative estimate of drug-likeness (QED) is 0.702. The third-order valence-electron chi connectivity index (χ3n) is 3.75.